The first kappa shape index (κ1) is 14.4. The number of benzene rings is 1. The number of ether oxygens (including phenoxy) is 1. The van der Waals surface area contributed by atoms with Crippen LogP contribution in [-0.4, -0.2) is 30.0 Å². The molecule has 5 nitrogen and oxygen atoms in total. The first-order valence-electron chi connectivity index (χ1n) is 7.16. The summed E-state index contributed by atoms with van der Waals surface area (Å²) in [5, 5.41) is 0. The molecule has 2 aromatic rings. The van der Waals surface area contributed by atoms with Gasteiger partial charge in [-0.15, -0.1) is 0 Å². The van der Waals surface area contributed by atoms with Crippen molar-refractivity contribution < 1.29 is 13.9 Å². The van der Waals surface area contributed by atoms with Crippen molar-refractivity contribution in [1.82, 2.24) is 4.90 Å². The Morgan fingerprint density at radius 2 is 1.95 bits per heavy atom. The van der Waals surface area contributed by atoms with E-state index < -0.39 is 5.63 Å². The van der Waals surface area contributed by atoms with E-state index in [9.17, 15) is 9.59 Å². The fraction of sp³-hybridized carbons (Fsp3) is 0.294. The van der Waals surface area contributed by atoms with Crippen LogP contribution in [0, 0.1) is 13.8 Å². The van der Waals surface area contributed by atoms with Gasteiger partial charge in [-0.2, -0.15) is 0 Å². The van der Waals surface area contributed by atoms with Crippen molar-refractivity contribution in [2.75, 3.05) is 13.1 Å². The highest BCUT2D eigenvalue weighted by atomic mass is 16.5. The average molecular weight is 299 g/mol. The molecule has 1 aromatic carbocycles. The van der Waals surface area contributed by atoms with Crippen LogP contribution in [0.4, 0.5) is 0 Å². The van der Waals surface area contributed by atoms with Gasteiger partial charge in [-0.05, 0) is 25.5 Å². The third-order valence-electron chi connectivity index (χ3n) is 3.68. The van der Waals surface area contributed by atoms with Crippen LogP contribution >= 0.6 is 0 Å². The molecular weight excluding hydrogens is 282 g/mol. The van der Waals surface area contributed by atoms with E-state index in [-0.39, 0.29) is 12.0 Å². The highest BCUT2D eigenvalue weighted by Crippen LogP contribution is 2.20. The zero-order valence-electron chi connectivity index (χ0n) is 12.5. The third kappa shape index (κ3) is 2.88. The zero-order valence-corrected chi connectivity index (χ0v) is 12.5. The third-order valence-corrected chi connectivity index (χ3v) is 3.68. The quantitative estimate of drug-likeness (QED) is 0.871. The van der Waals surface area contributed by atoms with Crippen molar-refractivity contribution in [3.63, 3.8) is 0 Å². The maximum absolute atomic E-state index is 12.4. The Morgan fingerprint density at radius 3 is 2.64 bits per heavy atom. The number of carbonyl (C=O) groups is 1. The molecule has 1 amide bonds. The van der Waals surface area contributed by atoms with Gasteiger partial charge in [0.15, 0.2) is 0 Å². The van der Waals surface area contributed by atoms with Crippen molar-refractivity contribution in [1.29, 1.82) is 0 Å². The van der Waals surface area contributed by atoms with Gasteiger partial charge in [0.25, 0.3) is 5.91 Å². The molecule has 1 aliphatic rings. The number of hydrogen-bond acceptors (Lipinski definition) is 4. The predicted molar refractivity (Wildman–Crippen MR) is 81.2 cm³/mol. The summed E-state index contributed by atoms with van der Waals surface area (Å²) in [6, 6.07) is 10.5. The lowest BCUT2D eigenvalue weighted by molar-refractivity contribution is 0.0174. The van der Waals surface area contributed by atoms with Gasteiger partial charge >= 0.3 is 5.63 Å². The minimum Gasteiger partial charge on any atom is -0.486 e. The normalized spacial score (nSPS) is 14.5. The summed E-state index contributed by atoms with van der Waals surface area (Å²) in [6.07, 6.45) is -0.0887. The lowest BCUT2D eigenvalue weighted by atomic mass is 10.0. The number of carbonyl (C=O) groups excluding carboxylic acids is 1. The molecule has 1 aromatic heterocycles. The topological polar surface area (TPSA) is 59.8 Å². The van der Waals surface area contributed by atoms with Crippen LogP contribution in [0.25, 0.3) is 0 Å². The minimum absolute atomic E-state index is 0.0155. The van der Waals surface area contributed by atoms with Gasteiger partial charge in [-0.1, -0.05) is 18.2 Å². The van der Waals surface area contributed by atoms with Crippen LogP contribution in [0.15, 0.2) is 45.6 Å². The van der Waals surface area contributed by atoms with Gasteiger partial charge in [0.05, 0.1) is 19.2 Å². The van der Waals surface area contributed by atoms with Gasteiger partial charge in [0.2, 0.25) is 0 Å². The summed E-state index contributed by atoms with van der Waals surface area (Å²) in [5.74, 6) is 1.01. The Labute approximate surface area is 128 Å². The van der Waals surface area contributed by atoms with E-state index in [1.165, 1.54) is 6.07 Å². The van der Waals surface area contributed by atoms with Crippen molar-refractivity contribution in [3.05, 3.63) is 63.7 Å². The van der Waals surface area contributed by atoms with Crippen LogP contribution < -0.4 is 10.4 Å². The molecule has 1 saturated heterocycles. The number of rotatable bonds is 3. The molecule has 0 unspecified atom stereocenters. The molecule has 1 fully saturated rings. The molecule has 0 N–H and O–H groups in total. The molecule has 0 radical (unpaired) electrons. The number of aryl methyl sites for hydroxylation is 2. The van der Waals surface area contributed by atoms with Crippen LogP contribution in [0.5, 0.6) is 5.75 Å². The average Bonchev–Trinajstić information content (AvgIpc) is 2.41. The first-order chi connectivity index (χ1) is 10.5. The summed E-state index contributed by atoms with van der Waals surface area (Å²) in [7, 11) is 0. The van der Waals surface area contributed by atoms with E-state index in [2.05, 4.69) is 0 Å². The predicted octanol–water partition coefficient (Wildman–Crippen LogP) is 2.16. The summed E-state index contributed by atoms with van der Waals surface area (Å²) in [6.45, 7) is 4.66. The second kappa shape index (κ2) is 5.67. The Hall–Kier alpha value is -2.56. The van der Waals surface area contributed by atoms with Gasteiger partial charge < -0.3 is 14.1 Å². The van der Waals surface area contributed by atoms with Crippen LogP contribution in [0.2, 0.25) is 0 Å². The second-order valence-corrected chi connectivity index (χ2v) is 5.49. The summed E-state index contributed by atoms with van der Waals surface area (Å²) >= 11 is 0. The van der Waals surface area contributed by atoms with Gasteiger partial charge in [0, 0.05) is 11.6 Å². The molecule has 22 heavy (non-hydrogen) atoms. The van der Waals surface area contributed by atoms with Crippen LogP contribution in [0.3, 0.4) is 0 Å². The molecule has 0 spiro atoms. The second-order valence-electron chi connectivity index (χ2n) is 5.49. The largest absolute Gasteiger partial charge is 0.486 e. The molecule has 0 aliphatic carbocycles. The van der Waals surface area contributed by atoms with Crippen molar-refractivity contribution >= 4 is 5.91 Å². The Balaban J connectivity index is 1.61. The smallest absolute Gasteiger partial charge is 0.339 e. The lowest BCUT2D eigenvalue weighted by Gasteiger charge is -2.39. The van der Waals surface area contributed by atoms with E-state index in [1.807, 2.05) is 31.2 Å². The first-order valence-corrected chi connectivity index (χ1v) is 7.16. The van der Waals surface area contributed by atoms with E-state index in [1.54, 1.807) is 17.9 Å². The highest BCUT2D eigenvalue weighted by Gasteiger charge is 2.33. The van der Waals surface area contributed by atoms with E-state index >= 15 is 0 Å². The molecular formula is C17H17NO4. The van der Waals surface area contributed by atoms with Gasteiger partial charge in [-0.25, -0.2) is 4.79 Å². The summed E-state index contributed by atoms with van der Waals surface area (Å²) in [5.41, 5.74) is 1.26. The van der Waals surface area contributed by atoms with Crippen LogP contribution in [-0.2, 0) is 0 Å². The molecule has 0 saturated carbocycles. The SMILES string of the molecule is Cc1cc(OC2CN(C(=O)c3ccccc3C)C2)cc(=O)o1. The molecule has 1 aliphatic heterocycles. The Kier molecular flexibility index (Phi) is 3.71. The van der Waals surface area contributed by atoms with Crippen LogP contribution in [0.1, 0.15) is 21.7 Å². The number of hydrogen-bond donors (Lipinski definition) is 0. The fourth-order valence-corrected chi connectivity index (χ4v) is 2.50. The monoisotopic (exact) mass is 299 g/mol. The zero-order chi connectivity index (χ0) is 15.7. The van der Waals surface area contributed by atoms with E-state index in [4.69, 9.17) is 9.15 Å². The Bertz CT molecular complexity index is 759. The molecule has 2 heterocycles. The van der Waals surface area contributed by atoms with Crippen molar-refractivity contribution in [3.8, 4) is 5.75 Å². The molecule has 5 heteroatoms. The summed E-state index contributed by atoms with van der Waals surface area (Å²) in [4.78, 5) is 25.4. The Morgan fingerprint density at radius 1 is 1.23 bits per heavy atom. The van der Waals surface area contributed by atoms with Gasteiger partial charge in [-0.3, -0.25) is 4.79 Å². The maximum atomic E-state index is 12.4. The van der Waals surface area contributed by atoms with E-state index in [0.29, 0.717) is 24.6 Å². The highest BCUT2D eigenvalue weighted by molar-refractivity contribution is 5.96. The standard InChI is InChI=1S/C17H17NO4/c1-11-5-3-4-6-15(11)17(20)18-9-14(10-18)22-13-7-12(2)21-16(19)8-13/h3-8,14H,9-10H2,1-2H3. The van der Waals surface area contributed by atoms with E-state index in [0.717, 1.165) is 11.1 Å². The van der Waals surface area contributed by atoms with Crippen molar-refractivity contribution in [2.45, 2.75) is 20.0 Å². The maximum Gasteiger partial charge on any atom is 0.339 e. The van der Waals surface area contributed by atoms with Gasteiger partial charge in [0.1, 0.15) is 17.6 Å². The number of amides is 1. The molecule has 3 rings (SSSR count). The lowest BCUT2D eigenvalue weighted by Crippen LogP contribution is -2.56. The summed E-state index contributed by atoms with van der Waals surface area (Å²) < 4.78 is 10.6. The molecule has 114 valence electrons. The molecule has 0 bridgehead atoms. The fourth-order valence-electron chi connectivity index (χ4n) is 2.50. The molecule has 0 atom stereocenters. The minimum atomic E-state index is -0.429. The van der Waals surface area contributed by atoms with Crippen molar-refractivity contribution in [2.24, 2.45) is 0 Å². The number of nitrogens with zero attached hydrogens (tertiary/aromatic N) is 1. The number of likely N-dealkylation sites (tertiary alicyclic amines) is 1.